The highest BCUT2D eigenvalue weighted by Crippen LogP contribution is 2.09. The number of hydrogen-bond donors (Lipinski definition) is 1. The highest BCUT2D eigenvalue weighted by Gasteiger charge is 2.25. The summed E-state index contributed by atoms with van der Waals surface area (Å²) < 4.78 is 24.6. The molecule has 9 heteroatoms. The molecule has 0 saturated carbocycles. The van der Waals surface area contributed by atoms with Crippen LogP contribution in [0.4, 0.5) is 0 Å². The molecular formula is C19H27N5O3S. The molecule has 1 saturated heterocycles. The Balaban J connectivity index is 1.40. The first kappa shape index (κ1) is 20.5. The quantitative estimate of drug-likeness (QED) is 0.698. The average molecular weight is 406 g/mol. The first-order chi connectivity index (χ1) is 13.4. The molecule has 1 N–H and O–H groups in total. The van der Waals surface area contributed by atoms with E-state index in [4.69, 9.17) is 0 Å². The Morgan fingerprint density at radius 1 is 1.14 bits per heavy atom. The maximum absolute atomic E-state index is 12.4. The number of carbonyl (C=O) groups excluding carboxylic acids is 1. The summed E-state index contributed by atoms with van der Waals surface area (Å²) in [5.74, 6) is 0.854. The smallest absolute Gasteiger partial charge is 0.237 e. The Bertz CT molecular complexity index is 874. The highest BCUT2D eigenvalue weighted by molar-refractivity contribution is 7.92. The lowest BCUT2D eigenvalue weighted by molar-refractivity contribution is -0.130. The van der Waals surface area contributed by atoms with E-state index in [1.54, 1.807) is 4.90 Å². The van der Waals surface area contributed by atoms with Crippen LogP contribution >= 0.6 is 0 Å². The Kier molecular flexibility index (Phi) is 6.79. The molecule has 0 aliphatic carbocycles. The molecule has 2 aromatic rings. The number of hydrogen-bond acceptors (Lipinski definition) is 6. The van der Waals surface area contributed by atoms with Gasteiger partial charge in [-0.25, -0.2) is 13.4 Å². The van der Waals surface area contributed by atoms with Crippen LogP contribution in [0, 0.1) is 6.92 Å². The predicted octanol–water partition coefficient (Wildman–Crippen LogP) is 0.805. The fourth-order valence-corrected chi connectivity index (χ4v) is 4.59. The van der Waals surface area contributed by atoms with E-state index < -0.39 is 15.6 Å². The van der Waals surface area contributed by atoms with Gasteiger partial charge in [-0.3, -0.25) is 14.8 Å². The van der Waals surface area contributed by atoms with Crippen LogP contribution in [0.1, 0.15) is 23.6 Å². The van der Waals surface area contributed by atoms with Gasteiger partial charge >= 0.3 is 0 Å². The number of rotatable bonds is 8. The van der Waals surface area contributed by atoms with Gasteiger partial charge in [0.2, 0.25) is 5.91 Å². The van der Waals surface area contributed by atoms with Crippen molar-refractivity contribution in [3.8, 4) is 0 Å². The van der Waals surface area contributed by atoms with E-state index >= 15 is 0 Å². The predicted molar refractivity (Wildman–Crippen MR) is 106 cm³/mol. The largest absolute Gasteiger partial charge is 0.339 e. The summed E-state index contributed by atoms with van der Waals surface area (Å²) in [4.78, 5) is 20.5. The number of aromatic nitrogens is 3. The zero-order valence-corrected chi connectivity index (χ0v) is 17.0. The fourth-order valence-electron chi connectivity index (χ4n) is 3.31. The number of benzene rings is 1. The third-order valence-electron chi connectivity index (χ3n) is 4.84. The van der Waals surface area contributed by atoms with Gasteiger partial charge in [-0.05, 0) is 25.3 Å². The molecule has 1 fully saturated rings. The number of piperazine rings is 1. The van der Waals surface area contributed by atoms with E-state index in [2.05, 4.69) is 20.1 Å². The number of carbonyl (C=O) groups is 1. The Morgan fingerprint density at radius 3 is 2.50 bits per heavy atom. The maximum atomic E-state index is 12.4. The minimum absolute atomic E-state index is 0.0395. The minimum atomic E-state index is -3.39. The SMILES string of the molecule is Cc1nc(CN2CCN(C(=O)CS(=O)(=O)CCCc3ccccc3)CC2)n[nH]1. The first-order valence-corrected chi connectivity index (χ1v) is 11.4. The zero-order chi connectivity index (χ0) is 20.0. The zero-order valence-electron chi connectivity index (χ0n) is 16.2. The highest BCUT2D eigenvalue weighted by atomic mass is 32.2. The average Bonchev–Trinajstić information content (AvgIpc) is 3.07. The molecule has 152 valence electrons. The van der Waals surface area contributed by atoms with Crippen LogP contribution < -0.4 is 0 Å². The minimum Gasteiger partial charge on any atom is -0.339 e. The number of aromatic amines is 1. The summed E-state index contributed by atoms with van der Waals surface area (Å²) in [5, 5.41) is 6.94. The third kappa shape index (κ3) is 6.13. The van der Waals surface area contributed by atoms with Crippen molar-refractivity contribution >= 4 is 15.7 Å². The van der Waals surface area contributed by atoms with Gasteiger partial charge in [0.05, 0.1) is 12.3 Å². The van der Waals surface area contributed by atoms with Crippen LogP contribution in [0.3, 0.4) is 0 Å². The molecule has 0 atom stereocenters. The standard InChI is InChI=1S/C19H27N5O3S/c1-16-20-18(22-21-16)14-23-9-11-24(12-10-23)19(25)15-28(26,27)13-5-8-17-6-3-2-4-7-17/h2-4,6-7H,5,8-15H2,1H3,(H,20,21,22). The molecule has 0 spiro atoms. The Hall–Kier alpha value is -2.26. The lowest BCUT2D eigenvalue weighted by Crippen LogP contribution is -2.49. The van der Waals surface area contributed by atoms with Gasteiger partial charge in [0.15, 0.2) is 15.7 Å². The molecule has 0 radical (unpaired) electrons. The Morgan fingerprint density at radius 2 is 1.86 bits per heavy atom. The van der Waals surface area contributed by atoms with Crippen LogP contribution in [0.25, 0.3) is 0 Å². The van der Waals surface area contributed by atoms with E-state index in [1.807, 2.05) is 37.3 Å². The molecule has 3 rings (SSSR count). The van der Waals surface area contributed by atoms with E-state index in [-0.39, 0.29) is 11.7 Å². The second kappa shape index (κ2) is 9.29. The van der Waals surface area contributed by atoms with Gasteiger partial charge in [0, 0.05) is 26.2 Å². The summed E-state index contributed by atoms with van der Waals surface area (Å²) >= 11 is 0. The van der Waals surface area contributed by atoms with Gasteiger partial charge in [-0.2, -0.15) is 5.10 Å². The van der Waals surface area contributed by atoms with Crippen LogP contribution in [0.2, 0.25) is 0 Å². The van der Waals surface area contributed by atoms with Crippen LogP contribution in [0.5, 0.6) is 0 Å². The van der Waals surface area contributed by atoms with Crippen LogP contribution in [-0.2, 0) is 27.6 Å². The summed E-state index contributed by atoms with van der Waals surface area (Å²) in [7, 11) is -3.39. The van der Waals surface area contributed by atoms with Gasteiger partial charge in [0.25, 0.3) is 0 Å². The number of H-pyrrole nitrogens is 1. The van der Waals surface area contributed by atoms with E-state index in [1.165, 1.54) is 0 Å². The molecule has 1 aromatic heterocycles. The number of nitrogens with one attached hydrogen (secondary N) is 1. The van der Waals surface area contributed by atoms with Gasteiger partial charge in [-0.15, -0.1) is 0 Å². The first-order valence-electron chi connectivity index (χ1n) is 9.54. The summed E-state index contributed by atoms with van der Waals surface area (Å²) in [5.41, 5.74) is 1.11. The topological polar surface area (TPSA) is 99.3 Å². The lowest BCUT2D eigenvalue weighted by Gasteiger charge is -2.34. The van der Waals surface area contributed by atoms with E-state index in [9.17, 15) is 13.2 Å². The number of aryl methyl sites for hydroxylation is 2. The molecule has 28 heavy (non-hydrogen) atoms. The monoisotopic (exact) mass is 405 g/mol. The maximum Gasteiger partial charge on any atom is 0.237 e. The second-order valence-corrected chi connectivity index (χ2v) is 9.36. The van der Waals surface area contributed by atoms with E-state index in [0.717, 1.165) is 17.2 Å². The molecular weight excluding hydrogens is 378 g/mol. The molecule has 0 unspecified atom stereocenters. The van der Waals surface area contributed by atoms with Crippen molar-refractivity contribution in [2.45, 2.75) is 26.3 Å². The number of nitrogens with zero attached hydrogens (tertiary/aromatic N) is 4. The fraction of sp³-hybridized carbons (Fsp3) is 0.526. The van der Waals surface area contributed by atoms with Crippen molar-refractivity contribution in [1.29, 1.82) is 0 Å². The van der Waals surface area contributed by atoms with Crippen molar-refractivity contribution in [3.05, 3.63) is 47.5 Å². The van der Waals surface area contributed by atoms with Gasteiger partial charge in [0.1, 0.15) is 11.6 Å². The second-order valence-electron chi connectivity index (χ2n) is 7.18. The molecule has 8 nitrogen and oxygen atoms in total. The molecule has 1 aromatic carbocycles. The van der Waals surface area contributed by atoms with Crippen LogP contribution in [0.15, 0.2) is 30.3 Å². The molecule has 2 heterocycles. The van der Waals surface area contributed by atoms with Crippen molar-refractivity contribution in [1.82, 2.24) is 25.0 Å². The molecule has 0 bridgehead atoms. The van der Waals surface area contributed by atoms with Crippen molar-refractivity contribution in [2.24, 2.45) is 0 Å². The number of amides is 1. The summed E-state index contributed by atoms with van der Waals surface area (Å²) in [6, 6.07) is 9.78. The van der Waals surface area contributed by atoms with Crippen LogP contribution in [-0.4, -0.2) is 77.0 Å². The molecule has 1 aliphatic rings. The molecule has 1 amide bonds. The molecule has 1 aliphatic heterocycles. The Labute approximate surface area is 165 Å². The van der Waals surface area contributed by atoms with E-state index in [0.29, 0.717) is 45.6 Å². The lowest BCUT2D eigenvalue weighted by atomic mass is 10.1. The van der Waals surface area contributed by atoms with Crippen molar-refractivity contribution < 1.29 is 13.2 Å². The normalized spacial score (nSPS) is 15.7. The van der Waals surface area contributed by atoms with Crippen molar-refractivity contribution in [3.63, 3.8) is 0 Å². The summed E-state index contributed by atoms with van der Waals surface area (Å²) in [6.45, 7) is 4.92. The van der Waals surface area contributed by atoms with Gasteiger partial charge in [-0.1, -0.05) is 30.3 Å². The number of sulfone groups is 1. The summed E-state index contributed by atoms with van der Waals surface area (Å²) in [6.07, 6.45) is 1.23. The third-order valence-corrected chi connectivity index (χ3v) is 6.44. The van der Waals surface area contributed by atoms with Gasteiger partial charge < -0.3 is 4.90 Å². The van der Waals surface area contributed by atoms with Crippen molar-refractivity contribution in [2.75, 3.05) is 37.7 Å².